The lowest BCUT2D eigenvalue weighted by atomic mass is 10.2. The molecule has 2 N–H and O–H groups in total. The highest BCUT2D eigenvalue weighted by Crippen LogP contribution is 2.34. The molecule has 2 aromatic carbocycles. The molecular formula is C20H23N3O3. The van der Waals surface area contributed by atoms with Crippen LogP contribution in [0.15, 0.2) is 54.6 Å². The lowest BCUT2D eigenvalue weighted by Gasteiger charge is -2.27. The Hall–Kier alpha value is -3.02. The zero-order valence-corrected chi connectivity index (χ0v) is 15.2. The molecule has 3 rings (SSSR count). The van der Waals surface area contributed by atoms with Gasteiger partial charge in [-0.1, -0.05) is 30.3 Å². The maximum absolute atomic E-state index is 12.6. The zero-order chi connectivity index (χ0) is 18.7. The third kappa shape index (κ3) is 4.14. The van der Waals surface area contributed by atoms with E-state index in [0.717, 1.165) is 11.4 Å². The van der Waals surface area contributed by atoms with Gasteiger partial charge in [0.1, 0.15) is 11.6 Å². The van der Waals surface area contributed by atoms with E-state index < -0.39 is 17.7 Å². The van der Waals surface area contributed by atoms with Crippen molar-refractivity contribution in [1.29, 1.82) is 0 Å². The van der Waals surface area contributed by atoms with Crippen LogP contribution < -0.4 is 15.5 Å². The average Bonchev–Trinajstić information content (AvgIpc) is 2.71. The molecule has 1 aliphatic heterocycles. The highest BCUT2D eigenvalue weighted by molar-refractivity contribution is 6.02. The molecule has 0 saturated heterocycles. The van der Waals surface area contributed by atoms with Gasteiger partial charge in [0.2, 0.25) is 5.91 Å². The molecule has 26 heavy (non-hydrogen) atoms. The van der Waals surface area contributed by atoms with Crippen LogP contribution in [0.3, 0.4) is 0 Å². The molecule has 0 radical (unpaired) electrons. The van der Waals surface area contributed by atoms with Crippen molar-refractivity contribution in [2.24, 2.45) is 0 Å². The Morgan fingerprint density at radius 1 is 1.12 bits per heavy atom. The second-order valence-electron chi connectivity index (χ2n) is 7.15. The molecule has 0 aromatic heterocycles. The van der Waals surface area contributed by atoms with Crippen molar-refractivity contribution < 1.29 is 14.3 Å². The Bertz CT molecular complexity index is 799. The molecule has 6 nitrogen and oxygen atoms in total. The summed E-state index contributed by atoms with van der Waals surface area (Å²) < 4.78 is 5.30. The third-order valence-electron chi connectivity index (χ3n) is 3.89. The molecular weight excluding hydrogens is 330 g/mol. The van der Waals surface area contributed by atoms with Crippen LogP contribution in [0.1, 0.15) is 20.8 Å². The number of para-hydroxylation sites is 3. The fraction of sp³-hybridized carbons (Fsp3) is 0.300. The van der Waals surface area contributed by atoms with Crippen LogP contribution in [-0.4, -0.2) is 30.2 Å². The Balaban J connectivity index is 1.90. The van der Waals surface area contributed by atoms with E-state index in [9.17, 15) is 9.59 Å². The summed E-state index contributed by atoms with van der Waals surface area (Å²) in [5.74, 6) is -0.276. The maximum atomic E-state index is 12.6. The van der Waals surface area contributed by atoms with E-state index in [1.807, 2.05) is 59.5 Å². The van der Waals surface area contributed by atoms with Gasteiger partial charge in [-0.05, 0) is 45.0 Å². The summed E-state index contributed by atoms with van der Waals surface area (Å²) in [6, 6.07) is 16.6. The van der Waals surface area contributed by atoms with Gasteiger partial charge in [0.25, 0.3) is 0 Å². The highest BCUT2D eigenvalue weighted by Gasteiger charge is 2.31. The second-order valence-corrected chi connectivity index (χ2v) is 7.15. The average molecular weight is 353 g/mol. The van der Waals surface area contributed by atoms with Crippen molar-refractivity contribution in [3.63, 3.8) is 0 Å². The molecule has 0 aliphatic carbocycles. The van der Waals surface area contributed by atoms with Crippen molar-refractivity contribution in [2.45, 2.75) is 32.4 Å². The van der Waals surface area contributed by atoms with E-state index >= 15 is 0 Å². The molecule has 6 heteroatoms. The first-order valence-corrected chi connectivity index (χ1v) is 8.55. The van der Waals surface area contributed by atoms with E-state index in [4.69, 9.17) is 4.74 Å². The van der Waals surface area contributed by atoms with Crippen molar-refractivity contribution in [2.75, 3.05) is 16.8 Å². The number of hydrogen-bond acceptors (Lipinski definition) is 4. The highest BCUT2D eigenvalue weighted by atomic mass is 16.6. The zero-order valence-electron chi connectivity index (χ0n) is 15.2. The molecule has 1 heterocycles. The van der Waals surface area contributed by atoms with Gasteiger partial charge in [0.05, 0.1) is 17.9 Å². The van der Waals surface area contributed by atoms with Gasteiger partial charge in [0.15, 0.2) is 0 Å². The first kappa shape index (κ1) is 17.8. The smallest absolute Gasteiger partial charge is 0.408 e. The number of nitrogens with zero attached hydrogens (tertiary/aromatic N) is 1. The van der Waals surface area contributed by atoms with Gasteiger partial charge in [-0.3, -0.25) is 4.79 Å². The van der Waals surface area contributed by atoms with E-state index in [0.29, 0.717) is 12.2 Å². The van der Waals surface area contributed by atoms with Gasteiger partial charge in [-0.15, -0.1) is 0 Å². The number of rotatable bonds is 2. The molecule has 1 atom stereocenters. The van der Waals surface area contributed by atoms with E-state index in [-0.39, 0.29) is 5.91 Å². The molecule has 0 unspecified atom stereocenters. The van der Waals surface area contributed by atoms with Crippen LogP contribution in [0.25, 0.3) is 0 Å². The Morgan fingerprint density at radius 2 is 1.77 bits per heavy atom. The predicted molar refractivity (Wildman–Crippen MR) is 102 cm³/mol. The van der Waals surface area contributed by atoms with Crippen LogP contribution in [-0.2, 0) is 9.53 Å². The minimum absolute atomic E-state index is 0.276. The van der Waals surface area contributed by atoms with Crippen LogP contribution in [0.2, 0.25) is 0 Å². The second kappa shape index (κ2) is 7.07. The summed E-state index contributed by atoms with van der Waals surface area (Å²) in [6.07, 6.45) is -0.614. The normalized spacial score (nSPS) is 17.0. The van der Waals surface area contributed by atoms with Gasteiger partial charge in [-0.2, -0.15) is 0 Å². The molecule has 0 saturated carbocycles. The number of carbonyl (C=O) groups excluding carboxylic acids is 2. The largest absolute Gasteiger partial charge is 0.444 e. The fourth-order valence-electron chi connectivity index (χ4n) is 2.81. The topological polar surface area (TPSA) is 70.7 Å². The molecule has 0 bridgehead atoms. The first-order chi connectivity index (χ1) is 12.3. The van der Waals surface area contributed by atoms with Crippen LogP contribution in [0.5, 0.6) is 0 Å². The SMILES string of the molecule is CC(C)(C)OC(=O)N[C@H]1CN(c2ccccc2)c2ccccc2NC1=O. The lowest BCUT2D eigenvalue weighted by Crippen LogP contribution is -2.49. The summed E-state index contributed by atoms with van der Waals surface area (Å²) in [6.45, 7) is 5.65. The van der Waals surface area contributed by atoms with E-state index in [2.05, 4.69) is 10.6 Å². The van der Waals surface area contributed by atoms with Crippen LogP contribution in [0, 0.1) is 0 Å². The number of carbonyl (C=O) groups is 2. The number of benzene rings is 2. The summed E-state index contributed by atoms with van der Waals surface area (Å²) in [5, 5.41) is 5.57. The number of nitrogens with one attached hydrogen (secondary N) is 2. The number of anilines is 3. The van der Waals surface area contributed by atoms with Crippen LogP contribution >= 0.6 is 0 Å². The number of amides is 2. The monoisotopic (exact) mass is 353 g/mol. The standard InChI is InChI=1S/C20H23N3O3/c1-20(2,3)26-19(25)22-16-13-23(14-9-5-4-6-10-14)17-12-8-7-11-15(17)21-18(16)24/h4-12,16H,13H2,1-3H3,(H,21,24)(H,22,25)/t16-/m0/s1. The Morgan fingerprint density at radius 3 is 2.46 bits per heavy atom. The van der Waals surface area contributed by atoms with Crippen LogP contribution in [0.4, 0.5) is 21.9 Å². The lowest BCUT2D eigenvalue weighted by molar-refractivity contribution is -0.117. The van der Waals surface area contributed by atoms with Gasteiger partial charge < -0.3 is 20.3 Å². The number of hydrogen-bond donors (Lipinski definition) is 2. The number of fused-ring (bicyclic) bond motifs is 1. The third-order valence-corrected chi connectivity index (χ3v) is 3.89. The maximum Gasteiger partial charge on any atom is 0.408 e. The van der Waals surface area contributed by atoms with Crippen molar-refractivity contribution in [3.05, 3.63) is 54.6 Å². The quantitative estimate of drug-likeness (QED) is 0.864. The van der Waals surface area contributed by atoms with Gasteiger partial charge >= 0.3 is 6.09 Å². The van der Waals surface area contributed by atoms with Crippen molar-refractivity contribution in [1.82, 2.24) is 5.32 Å². The fourth-order valence-corrected chi connectivity index (χ4v) is 2.81. The minimum atomic E-state index is -0.752. The summed E-state index contributed by atoms with van der Waals surface area (Å²) in [5.41, 5.74) is 1.88. The number of alkyl carbamates (subject to hydrolysis) is 1. The summed E-state index contributed by atoms with van der Waals surface area (Å²) in [4.78, 5) is 26.8. The first-order valence-electron chi connectivity index (χ1n) is 8.55. The molecule has 0 fully saturated rings. The molecule has 2 amide bonds. The van der Waals surface area contributed by atoms with E-state index in [1.165, 1.54) is 0 Å². The molecule has 1 aliphatic rings. The van der Waals surface area contributed by atoms with Gasteiger partial charge in [-0.25, -0.2) is 4.79 Å². The summed E-state index contributed by atoms with van der Waals surface area (Å²) >= 11 is 0. The molecule has 0 spiro atoms. The summed E-state index contributed by atoms with van der Waals surface area (Å²) in [7, 11) is 0. The minimum Gasteiger partial charge on any atom is -0.444 e. The Labute approximate surface area is 153 Å². The predicted octanol–water partition coefficient (Wildman–Crippen LogP) is 3.67. The van der Waals surface area contributed by atoms with Gasteiger partial charge in [0, 0.05) is 5.69 Å². The van der Waals surface area contributed by atoms with E-state index in [1.54, 1.807) is 20.8 Å². The van der Waals surface area contributed by atoms with Crippen molar-refractivity contribution >= 4 is 29.1 Å². The molecule has 2 aromatic rings. The molecule has 136 valence electrons. The Kier molecular flexibility index (Phi) is 4.84. The van der Waals surface area contributed by atoms with Crippen molar-refractivity contribution in [3.8, 4) is 0 Å². The number of ether oxygens (including phenoxy) is 1.